The van der Waals surface area contributed by atoms with Crippen LogP contribution in [0.15, 0.2) is 71.2 Å². The van der Waals surface area contributed by atoms with Crippen LogP contribution in [0.1, 0.15) is 29.9 Å². The molecule has 3 aromatic carbocycles. The Balaban J connectivity index is 1.44. The number of carboxylic acids is 1. The summed E-state index contributed by atoms with van der Waals surface area (Å²) in [5, 5.41) is 14.0. The third-order valence-electron chi connectivity index (χ3n) is 5.79. The molecular formula is C26H22BrFN2O5. The van der Waals surface area contributed by atoms with E-state index in [0.717, 1.165) is 28.3 Å². The molecule has 2 amide bonds. The Hall–Kier alpha value is -3.72. The van der Waals surface area contributed by atoms with Gasteiger partial charge in [-0.3, -0.25) is 9.59 Å². The number of carboxylic acid groups (broad SMARTS) is 1. The fraction of sp³-hybridized carbons (Fsp3) is 0.192. The highest BCUT2D eigenvalue weighted by Gasteiger charge is 2.30. The van der Waals surface area contributed by atoms with E-state index in [9.17, 15) is 18.8 Å². The maximum absolute atomic E-state index is 13.6. The van der Waals surface area contributed by atoms with E-state index in [1.807, 2.05) is 48.5 Å². The Morgan fingerprint density at radius 3 is 2.26 bits per heavy atom. The minimum Gasteiger partial charge on any atom is -0.481 e. The molecule has 0 fully saturated rings. The quantitative estimate of drug-likeness (QED) is 0.359. The average molecular weight is 541 g/mol. The Labute approximate surface area is 209 Å². The zero-order valence-electron chi connectivity index (χ0n) is 18.5. The molecule has 0 bridgehead atoms. The number of anilines is 1. The first kappa shape index (κ1) is 24.4. The molecule has 35 heavy (non-hydrogen) atoms. The van der Waals surface area contributed by atoms with Crippen molar-refractivity contribution in [3.8, 4) is 11.1 Å². The van der Waals surface area contributed by atoms with Gasteiger partial charge in [-0.25, -0.2) is 9.18 Å². The molecule has 0 radical (unpaired) electrons. The molecule has 7 nitrogen and oxygen atoms in total. The molecule has 0 saturated heterocycles. The number of nitrogens with one attached hydrogen (secondary N) is 2. The lowest BCUT2D eigenvalue weighted by Crippen LogP contribution is -2.44. The van der Waals surface area contributed by atoms with Crippen LogP contribution in [0.4, 0.5) is 14.9 Å². The van der Waals surface area contributed by atoms with Crippen molar-refractivity contribution in [3.05, 3.63) is 88.1 Å². The third kappa shape index (κ3) is 5.68. The number of alkyl carbamates (subject to hydrolysis) is 1. The molecule has 0 heterocycles. The number of hydrogen-bond donors (Lipinski definition) is 3. The molecule has 1 atom stereocenters. The maximum atomic E-state index is 13.6. The Morgan fingerprint density at radius 1 is 1.00 bits per heavy atom. The van der Waals surface area contributed by atoms with Crippen LogP contribution in [0, 0.1) is 5.82 Å². The first-order chi connectivity index (χ1) is 16.8. The van der Waals surface area contributed by atoms with Gasteiger partial charge in [-0.2, -0.15) is 0 Å². The zero-order valence-corrected chi connectivity index (χ0v) is 20.0. The Bertz CT molecular complexity index is 1240. The van der Waals surface area contributed by atoms with Crippen LogP contribution in [0.25, 0.3) is 11.1 Å². The molecule has 3 aromatic rings. The van der Waals surface area contributed by atoms with Gasteiger partial charge >= 0.3 is 12.1 Å². The predicted molar refractivity (Wildman–Crippen MR) is 132 cm³/mol. The summed E-state index contributed by atoms with van der Waals surface area (Å²) < 4.78 is 19.5. The fourth-order valence-electron chi connectivity index (χ4n) is 4.13. The minimum absolute atomic E-state index is 0.0442. The number of hydrogen-bond acceptors (Lipinski definition) is 4. The second kappa shape index (κ2) is 10.7. The highest BCUT2D eigenvalue weighted by atomic mass is 79.9. The zero-order chi connectivity index (χ0) is 24.9. The number of ether oxygens (including phenoxy) is 1. The van der Waals surface area contributed by atoms with Gasteiger partial charge in [0.05, 0.1) is 5.69 Å². The summed E-state index contributed by atoms with van der Waals surface area (Å²) in [6.45, 7) is 0.0442. The summed E-state index contributed by atoms with van der Waals surface area (Å²) in [4.78, 5) is 36.5. The third-order valence-corrected chi connectivity index (χ3v) is 6.48. The highest BCUT2D eigenvalue weighted by molar-refractivity contribution is 9.10. The van der Waals surface area contributed by atoms with E-state index >= 15 is 0 Å². The van der Waals surface area contributed by atoms with E-state index < -0.39 is 29.8 Å². The molecule has 1 aliphatic rings. The fourth-order valence-corrected chi connectivity index (χ4v) is 4.48. The van der Waals surface area contributed by atoms with Crippen LogP contribution in [-0.2, 0) is 14.3 Å². The average Bonchev–Trinajstić information content (AvgIpc) is 3.16. The largest absolute Gasteiger partial charge is 0.481 e. The van der Waals surface area contributed by atoms with Crippen molar-refractivity contribution in [1.82, 2.24) is 5.32 Å². The normalized spacial score (nSPS) is 12.9. The van der Waals surface area contributed by atoms with Crippen molar-refractivity contribution in [2.75, 3.05) is 11.9 Å². The molecule has 0 spiro atoms. The maximum Gasteiger partial charge on any atom is 0.407 e. The minimum atomic E-state index is -1.20. The molecular weight excluding hydrogens is 519 g/mol. The highest BCUT2D eigenvalue weighted by Crippen LogP contribution is 2.44. The summed E-state index contributed by atoms with van der Waals surface area (Å²) in [6, 6.07) is 18.3. The standard InChI is InChI=1S/C26H22BrFN2O5/c27-21-10-9-15(28)13-23(21)29-25(33)22(11-12-24(31)32)30-26(34)35-14-20-18-7-3-1-5-16(18)17-6-2-4-8-19(17)20/h1-10,13,20,22H,11-12,14H2,(H,29,33)(H,30,34)(H,31,32). The SMILES string of the molecule is O=C(O)CCC(NC(=O)OCC1c2ccccc2-c2ccccc21)C(=O)Nc1cc(F)ccc1Br. The molecule has 0 saturated carbocycles. The molecule has 4 rings (SSSR count). The van der Waals surface area contributed by atoms with E-state index in [1.165, 1.54) is 12.1 Å². The van der Waals surface area contributed by atoms with E-state index in [1.54, 1.807) is 0 Å². The van der Waals surface area contributed by atoms with Gasteiger partial charge in [0.1, 0.15) is 18.5 Å². The van der Waals surface area contributed by atoms with Crippen molar-refractivity contribution in [2.24, 2.45) is 0 Å². The van der Waals surface area contributed by atoms with Crippen LogP contribution in [0.3, 0.4) is 0 Å². The van der Waals surface area contributed by atoms with E-state index in [-0.39, 0.29) is 31.1 Å². The van der Waals surface area contributed by atoms with Crippen LogP contribution in [-0.4, -0.2) is 35.7 Å². The number of carbonyl (C=O) groups is 3. The van der Waals surface area contributed by atoms with Crippen LogP contribution in [0.2, 0.25) is 0 Å². The van der Waals surface area contributed by atoms with Crippen molar-refractivity contribution < 1.29 is 28.6 Å². The van der Waals surface area contributed by atoms with Crippen molar-refractivity contribution >= 4 is 39.6 Å². The lowest BCUT2D eigenvalue weighted by molar-refractivity contribution is -0.137. The van der Waals surface area contributed by atoms with Crippen LogP contribution >= 0.6 is 15.9 Å². The summed E-state index contributed by atoms with van der Waals surface area (Å²) in [7, 11) is 0. The lowest BCUT2D eigenvalue weighted by atomic mass is 9.98. The number of carbonyl (C=O) groups excluding carboxylic acids is 2. The Morgan fingerprint density at radius 2 is 1.63 bits per heavy atom. The first-order valence-electron chi connectivity index (χ1n) is 10.9. The molecule has 0 aromatic heterocycles. The number of aliphatic carboxylic acids is 1. The Kier molecular flexibility index (Phi) is 7.45. The summed E-state index contributed by atoms with van der Waals surface area (Å²) in [5.74, 6) is -2.53. The van der Waals surface area contributed by atoms with Gasteiger partial charge in [-0.15, -0.1) is 0 Å². The van der Waals surface area contributed by atoms with Crippen LogP contribution in [0.5, 0.6) is 0 Å². The van der Waals surface area contributed by atoms with Crippen molar-refractivity contribution in [2.45, 2.75) is 24.8 Å². The van der Waals surface area contributed by atoms with E-state index in [2.05, 4.69) is 26.6 Å². The molecule has 1 aliphatic carbocycles. The lowest BCUT2D eigenvalue weighted by Gasteiger charge is -2.20. The van der Waals surface area contributed by atoms with E-state index in [4.69, 9.17) is 9.84 Å². The predicted octanol–water partition coefficient (Wildman–Crippen LogP) is 5.30. The summed E-state index contributed by atoms with van der Waals surface area (Å²) >= 11 is 3.22. The molecule has 0 aliphatic heterocycles. The summed E-state index contributed by atoms with van der Waals surface area (Å²) in [6.07, 6.45) is -1.37. The number of halogens is 2. The van der Waals surface area contributed by atoms with Gasteiger partial charge in [0.15, 0.2) is 0 Å². The molecule has 3 N–H and O–H groups in total. The number of rotatable bonds is 8. The number of fused-ring (bicyclic) bond motifs is 3. The summed E-state index contributed by atoms with van der Waals surface area (Å²) in [5.41, 5.74) is 4.40. The van der Waals surface area contributed by atoms with E-state index in [0.29, 0.717) is 4.47 Å². The van der Waals surface area contributed by atoms with Gasteiger partial charge in [0.2, 0.25) is 5.91 Å². The second-order valence-electron chi connectivity index (χ2n) is 8.07. The van der Waals surface area contributed by atoms with Gasteiger partial charge in [-0.1, -0.05) is 48.5 Å². The van der Waals surface area contributed by atoms with Crippen molar-refractivity contribution in [3.63, 3.8) is 0 Å². The smallest absolute Gasteiger partial charge is 0.407 e. The monoisotopic (exact) mass is 540 g/mol. The van der Waals surface area contributed by atoms with Crippen LogP contribution < -0.4 is 10.6 Å². The second-order valence-corrected chi connectivity index (χ2v) is 8.92. The first-order valence-corrected chi connectivity index (χ1v) is 11.7. The molecule has 180 valence electrons. The van der Waals surface area contributed by atoms with Gasteiger partial charge in [0.25, 0.3) is 0 Å². The number of benzene rings is 3. The van der Waals surface area contributed by atoms with Gasteiger partial charge in [0, 0.05) is 16.8 Å². The number of amides is 2. The topological polar surface area (TPSA) is 105 Å². The molecule has 1 unspecified atom stereocenters. The van der Waals surface area contributed by atoms with Crippen molar-refractivity contribution in [1.29, 1.82) is 0 Å². The molecule has 9 heteroatoms. The van der Waals surface area contributed by atoms with Gasteiger partial charge < -0.3 is 20.5 Å². The van der Waals surface area contributed by atoms with Gasteiger partial charge in [-0.05, 0) is 62.8 Å².